The Morgan fingerprint density at radius 3 is 2.78 bits per heavy atom. The Morgan fingerprint density at radius 1 is 1.39 bits per heavy atom. The molecule has 1 aromatic heterocycles. The lowest BCUT2D eigenvalue weighted by Crippen LogP contribution is -2.20. The third kappa shape index (κ3) is 3.89. The first-order valence-corrected chi connectivity index (χ1v) is 7.68. The van der Waals surface area contributed by atoms with Crippen LogP contribution in [0.1, 0.15) is 35.5 Å². The molecule has 2 N–H and O–H groups in total. The molecular formula is C17H24FN3O2. The Morgan fingerprint density at radius 2 is 2.13 bits per heavy atom. The second kappa shape index (κ2) is 7.57. The number of aryl methyl sites for hydroxylation is 1. The minimum Gasteiger partial charge on any atom is -0.496 e. The smallest absolute Gasteiger partial charge is 0.123 e. The summed E-state index contributed by atoms with van der Waals surface area (Å²) in [6, 6.07) is 4.45. The normalized spacial score (nSPS) is 12.4. The van der Waals surface area contributed by atoms with Crippen molar-refractivity contribution in [2.45, 2.75) is 39.9 Å². The van der Waals surface area contributed by atoms with Crippen molar-refractivity contribution in [2.24, 2.45) is 0 Å². The standard InChI is InChI=1S/C17H24FN3O2/c1-11(15-9-14(18)5-6-17(15)23-4)19-10-16-12(2)20-21(7-8-22)13(16)3/h5-6,9,11,19,22H,7-8,10H2,1-4H3/t11-/m0/s1. The number of benzene rings is 1. The predicted octanol–water partition coefficient (Wildman–Crippen LogP) is 2.49. The highest BCUT2D eigenvalue weighted by Crippen LogP contribution is 2.26. The maximum absolute atomic E-state index is 13.5. The number of halogens is 1. The van der Waals surface area contributed by atoms with Gasteiger partial charge in [-0.25, -0.2) is 4.39 Å². The van der Waals surface area contributed by atoms with Crippen molar-refractivity contribution in [3.8, 4) is 5.75 Å². The van der Waals surface area contributed by atoms with Gasteiger partial charge in [-0.05, 0) is 39.0 Å². The van der Waals surface area contributed by atoms with Crippen molar-refractivity contribution in [3.63, 3.8) is 0 Å². The fourth-order valence-corrected chi connectivity index (χ4v) is 2.71. The van der Waals surface area contributed by atoms with Gasteiger partial charge in [-0.1, -0.05) is 0 Å². The molecule has 1 atom stereocenters. The molecule has 0 aliphatic rings. The minimum absolute atomic E-state index is 0.0612. The van der Waals surface area contributed by atoms with Gasteiger partial charge in [0.05, 0.1) is 26.0 Å². The number of aliphatic hydroxyl groups is 1. The molecular weight excluding hydrogens is 297 g/mol. The number of aliphatic hydroxyl groups excluding tert-OH is 1. The molecule has 6 heteroatoms. The summed E-state index contributed by atoms with van der Waals surface area (Å²) < 4.78 is 20.6. The Labute approximate surface area is 136 Å². The van der Waals surface area contributed by atoms with Gasteiger partial charge < -0.3 is 15.2 Å². The number of methoxy groups -OCH3 is 1. The highest BCUT2D eigenvalue weighted by atomic mass is 19.1. The maximum atomic E-state index is 13.5. The summed E-state index contributed by atoms with van der Waals surface area (Å²) in [7, 11) is 1.58. The summed E-state index contributed by atoms with van der Waals surface area (Å²) in [5.41, 5.74) is 3.84. The molecule has 0 aliphatic carbocycles. The largest absolute Gasteiger partial charge is 0.496 e. The van der Waals surface area contributed by atoms with Crippen LogP contribution in [-0.4, -0.2) is 28.6 Å². The quantitative estimate of drug-likeness (QED) is 0.822. The zero-order valence-electron chi connectivity index (χ0n) is 14.1. The summed E-state index contributed by atoms with van der Waals surface area (Å²) in [5, 5.41) is 16.9. The molecule has 0 saturated heterocycles. The van der Waals surface area contributed by atoms with E-state index in [1.807, 2.05) is 20.8 Å². The van der Waals surface area contributed by atoms with Gasteiger partial charge in [0.15, 0.2) is 0 Å². The third-order valence-electron chi connectivity index (χ3n) is 4.09. The van der Waals surface area contributed by atoms with Gasteiger partial charge in [0.2, 0.25) is 0 Å². The third-order valence-corrected chi connectivity index (χ3v) is 4.09. The van der Waals surface area contributed by atoms with Crippen LogP contribution < -0.4 is 10.1 Å². The fraction of sp³-hybridized carbons (Fsp3) is 0.471. The number of hydrogen-bond acceptors (Lipinski definition) is 4. The topological polar surface area (TPSA) is 59.3 Å². The van der Waals surface area contributed by atoms with E-state index in [0.717, 1.165) is 22.5 Å². The number of hydrogen-bond donors (Lipinski definition) is 2. The second-order valence-electron chi connectivity index (χ2n) is 5.58. The Hall–Kier alpha value is -1.92. The average molecular weight is 321 g/mol. The van der Waals surface area contributed by atoms with Gasteiger partial charge in [0, 0.05) is 29.4 Å². The molecule has 0 amide bonds. The summed E-state index contributed by atoms with van der Waals surface area (Å²) in [4.78, 5) is 0. The Kier molecular flexibility index (Phi) is 5.74. The van der Waals surface area contributed by atoms with E-state index in [1.54, 1.807) is 17.9 Å². The van der Waals surface area contributed by atoms with Crippen LogP contribution in [0.15, 0.2) is 18.2 Å². The molecule has 0 bridgehead atoms. The number of rotatable bonds is 7. The molecule has 1 aromatic carbocycles. The van der Waals surface area contributed by atoms with Gasteiger partial charge in [-0.3, -0.25) is 4.68 Å². The highest BCUT2D eigenvalue weighted by Gasteiger charge is 2.15. The highest BCUT2D eigenvalue weighted by molar-refractivity contribution is 5.36. The average Bonchev–Trinajstić information content (AvgIpc) is 2.79. The zero-order valence-corrected chi connectivity index (χ0v) is 14.1. The Balaban J connectivity index is 2.13. The van der Waals surface area contributed by atoms with Crippen molar-refractivity contribution in [2.75, 3.05) is 13.7 Å². The van der Waals surface area contributed by atoms with E-state index in [1.165, 1.54) is 12.1 Å². The molecule has 23 heavy (non-hydrogen) atoms. The molecule has 126 valence electrons. The molecule has 0 unspecified atom stereocenters. The van der Waals surface area contributed by atoms with E-state index in [0.29, 0.717) is 18.8 Å². The molecule has 1 heterocycles. The lowest BCUT2D eigenvalue weighted by molar-refractivity contribution is 0.267. The molecule has 0 aliphatic heterocycles. The van der Waals surface area contributed by atoms with Crippen molar-refractivity contribution < 1.29 is 14.2 Å². The van der Waals surface area contributed by atoms with Crippen molar-refractivity contribution in [1.29, 1.82) is 0 Å². The summed E-state index contributed by atoms with van der Waals surface area (Å²) >= 11 is 0. The van der Waals surface area contributed by atoms with Gasteiger partial charge in [-0.15, -0.1) is 0 Å². The van der Waals surface area contributed by atoms with Crippen LogP contribution in [0, 0.1) is 19.7 Å². The fourth-order valence-electron chi connectivity index (χ4n) is 2.71. The van der Waals surface area contributed by atoms with E-state index in [2.05, 4.69) is 10.4 Å². The van der Waals surface area contributed by atoms with Gasteiger partial charge in [0.1, 0.15) is 11.6 Å². The Bertz CT molecular complexity index is 670. The SMILES string of the molecule is COc1ccc(F)cc1[C@H](C)NCc1c(C)nn(CCO)c1C. The summed E-state index contributed by atoms with van der Waals surface area (Å²) in [6.45, 7) is 7.07. The van der Waals surface area contributed by atoms with Crippen LogP contribution in [0.5, 0.6) is 5.75 Å². The molecule has 2 aromatic rings. The van der Waals surface area contributed by atoms with Crippen molar-refractivity contribution >= 4 is 0 Å². The first-order valence-electron chi connectivity index (χ1n) is 7.68. The zero-order chi connectivity index (χ0) is 17.0. The first kappa shape index (κ1) is 17.4. The van der Waals surface area contributed by atoms with Crippen LogP contribution in [-0.2, 0) is 13.1 Å². The molecule has 0 fully saturated rings. The molecule has 5 nitrogen and oxygen atoms in total. The van der Waals surface area contributed by atoms with Gasteiger partial charge in [0.25, 0.3) is 0 Å². The van der Waals surface area contributed by atoms with E-state index < -0.39 is 0 Å². The second-order valence-corrected chi connectivity index (χ2v) is 5.58. The predicted molar refractivity (Wildman–Crippen MR) is 87.0 cm³/mol. The lowest BCUT2D eigenvalue weighted by atomic mass is 10.1. The van der Waals surface area contributed by atoms with Crippen molar-refractivity contribution in [1.82, 2.24) is 15.1 Å². The monoisotopic (exact) mass is 321 g/mol. The molecule has 0 radical (unpaired) electrons. The summed E-state index contributed by atoms with van der Waals surface area (Å²) in [6.07, 6.45) is 0. The number of nitrogens with one attached hydrogen (secondary N) is 1. The van der Waals surface area contributed by atoms with E-state index in [9.17, 15) is 4.39 Å². The summed E-state index contributed by atoms with van der Waals surface area (Å²) in [5.74, 6) is 0.383. The van der Waals surface area contributed by atoms with E-state index >= 15 is 0 Å². The van der Waals surface area contributed by atoms with Crippen LogP contribution in [0.3, 0.4) is 0 Å². The van der Waals surface area contributed by atoms with Gasteiger partial charge in [-0.2, -0.15) is 5.10 Å². The maximum Gasteiger partial charge on any atom is 0.123 e. The number of aromatic nitrogens is 2. The van der Waals surface area contributed by atoms with Crippen LogP contribution >= 0.6 is 0 Å². The lowest BCUT2D eigenvalue weighted by Gasteiger charge is -2.17. The van der Waals surface area contributed by atoms with Gasteiger partial charge >= 0.3 is 0 Å². The number of nitrogens with zero attached hydrogens (tertiary/aromatic N) is 2. The van der Waals surface area contributed by atoms with E-state index in [4.69, 9.17) is 9.84 Å². The van der Waals surface area contributed by atoms with Crippen LogP contribution in [0.25, 0.3) is 0 Å². The van der Waals surface area contributed by atoms with E-state index in [-0.39, 0.29) is 18.5 Å². The van der Waals surface area contributed by atoms with Crippen LogP contribution in [0.4, 0.5) is 4.39 Å². The molecule has 0 spiro atoms. The number of ether oxygens (including phenoxy) is 1. The van der Waals surface area contributed by atoms with Crippen molar-refractivity contribution in [3.05, 3.63) is 46.5 Å². The first-order chi connectivity index (χ1) is 11.0. The molecule has 0 saturated carbocycles. The minimum atomic E-state index is -0.280. The molecule has 2 rings (SSSR count). The van der Waals surface area contributed by atoms with Crippen LogP contribution in [0.2, 0.25) is 0 Å².